The fraction of sp³-hybridized carbons (Fsp3) is 0.429. The molecule has 1 saturated heterocycles. The average Bonchev–Trinajstić information content (AvgIpc) is 2.96. The van der Waals surface area contributed by atoms with Gasteiger partial charge in [-0.05, 0) is 31.0 Å². The molecule has 6 nitrogen and oxygen atoms in total. The highest BCUT2D eigenvalue weighted by atomic mass is 35.5. The van der Waals surface area contributed by atoms with E-state index in [4.69, 9.17) is 22.1 Å². The van der Waals surface area contributed by atoms with E-state index in [-0.39, 0.29) is 24.8 Å². The lowest BCUT2D eigenvalue weighted by atomic mass is 10.2. The topological polar surface area (TPSA) is 93.5 Å². The van der Waals surface area contributed by atoms with Gasteiger partial charge >= 0.3 is 0 Å². The van der Waals surface area contributed by atoms with Crippen molar-refractivity contribution in [1.82, 2.24) is 0 Å². The second kappa shape index (κ2) is 7.40. The number of carbonyl (C=O) groups excluding carboxylic acids is 2. The Hall–Kier alpha value is -1.63. The van der Waals surface area contributed by atoms with Crippen LogP contribution in [0.25, 0.3) is 0 Å². The van der Waals surface area contributed by atoms with Gasteiger partial charge in [-0.1, -0.05) is 11.6 Å². The van der Waals surface area contributed by atoms with Crippen LogP contribution in [0.15, 0.2) is 18.2 Å². The summed E-state index contributed by atoms with van der Waals surface area (Å²) in [6.07, 6.45) is 1.44. The molecule has 1 aromatic rings. The third-order valence-corrected chi connectivity index (χ3v) is 3.42. The van der Waals surface area contributed by atoms with E-state index >= 15 is 0 Å². The van der Waals surface area contributed by atoms with Gasteiger partial charge in [-0.2, -0.15) is 0 Å². The van der Waals surface area contributed by atoms with Crippen LogP contribution >= 0.6 is 11.6 Å². The van der Waals surface area contributed by atoms with Gasteiger partial charge in [0.25, 0.3) is 5.91 Å². The number of amides is 2. The number of carbonyl (C=O) groups is 2. The normalized spacial score (nSPS) is 17.5. The molecule has 1 heterocycles. The number of nitrogens with one attached hydrogen (secondary N) is 2. The summed E-state index contributed by atoms with van der Waals surface area (Å²) in [4.78, 5) is 23.4. The van der Waals surface area contributed by atoms with Crippen molar-refractivity contribution in [2.75, 3.05) is 23.8 Å². The number of halogens is 1. The first-order chi connectivity index (χ1) is 10.1. The van der Waals surface area contributed by atoms with Crippen molar-refractivity contribution < 1.29 is 14.3 Å². The Kier molecular flexibility index (Phi) is 5.55. The molecule has 1 unspecified atom stereocenters. The molecule has 1 aliphatic rings. The minimum atomic E-state index is -0.412. The Morgan fingerprint density at radius 1 is 1.38 bits per heavy atom. The van der Waals surface area contributed by atoms with Gasteiger partial charge < -0.3 is 21.1 Å². The molecule has 4 N–H and O–H groups in total. The highest BCUT2D eigenvalue weighted by Gasteiger charge is 2.24. The van der Waals surface area contributed by atoms with Gasteiger partial charge in [0.1, 0.15) is 6.10 Å². The summed E-state index contributed by atoms with van der Waals surface area (Å²) in [6, 6.07) is 4.90. The molecule has 0 aliphatic carbocycles. The summed E-state index contributed by atoms with van der Waals surface area (Å²) in [7, 11) is 0. The lowest BCUT2D eigenvalue weighted by molar-refractivity contribution is -0.124. The number of anilines is 2. The summed E-state index contributed by atoms with van der Waals surface area (Å²) >= 11 is 6.11. The SMILES string of the molecule is NCCC(=O)Nc1ccc(NC(=O)C2CCCO2)c(Cl)c1. The maximum Gasteiger partial charge on any atom is 0.253 e. The molecule has 0 saturated carbocycles. The van der Waals surface area contributed by atoms with Gasteiger partial charge in [-0.15, -0.1) is 0 Å². The fourth-order valence-electron chi connectivity index (χ4n) is 2.05. The van der Waals surface area contributed by atoms with E-state index in [2.05, 4.69) is 10.6 Å². The van der Waals surface area contributed by atoms with Crippen molar-refractivity contribution in [3.8, 4) is 0 Å². The Morgan fingerprint density at radius 2 is 2.19 bits per heavy atom. The first kappa shape index (κ1) is 15.8. The van der Waals surface area contributed by atoms with Gasteiger partial charge in [0.2, 0.25) is 5.91 Å². The first-order valence-electron chi connectivity index (χ1n) is 6.82. The van der Waals surface area contributed by atoms with Crippen LogP contribution in [0.2, 0.25) is 5.02 Å². The van der Waals surface area contributed by atoms with Crippen molar-refractivity contribution in [3.63, 3.8) is 0 Å². The molecule has 1 atom stereocenters. The Balaban J connectivity index is 1.98. The molecule has 21 heavy (non-hydrogen) atoms. The largest absolute Gasteiger partial charge is 0.368 e. The number of hydrogen-bond acceptors (Lipinski definition) is 4. The van der Waals surface area contributed by atoms with Gasteiger partial charge in [-0.3, -0.25) is 9.59 Å². The molecule has 2 amide bonds. The number of rotatable bonds is 5. The van der Waals surface area contributed by atoms with E-state index in [0.29, 0.717) is 23.0 Å². The third kappa shape index (κ3) is 4.42. The van der Waals surface area contributed by atoms with Gasteiger partial charge in [-0.25, -0.2) is 0 Å². The van der Waals surface area contributed by atoms with Gasteiger partial charge in [0.15, 0.2) is 0 Å². The molecule has 1 aliphatic heterocycles. The predicted molar refractivity (Wildman–Crippen MR) is 81.4 cm³/mol. The Bertz CT molecular complexity index is 530. The standard InChI is InChI=1S/C14H18ClN3O3/c15-10-8-9(17-13(19)5-6-16)3-4-11(10)18-14(20)12-2-1-7-21-12/h3-4,8,12H,1-2,5-7,16H2,(H,17,19)(H,18,20). The van der Waals surface area contributed by atoms with Crippen LogP contribution in [0.5, 0.6) is 0 Å². The van der Waals surface area contributed by atoms with Crippen LogP contribution < -0.4 is 16.4 Å². The lowest BCUT2D eigenvalue weighted by Gasteiger charge is -2.12. The molecule has 1 aromatic carbocycles. The number of nitrogens with two attached hydrogens (primary N) is 1. The molecule has 0 aromatic heterocycles. The van der Waals surface area contributed by atoms with Gasteiger partial charge in [0.05, 0.1) is 10.7 Å². The summed E-state index contributed by atoms with van der Waals surface area (Å²) in [5.74, 6) is -0.376. The van der Waals surface area contributed by atoms with Crippen LogP contribution in [-0.2, 0) is 14.3 Å². The average molecular weight is 312 g/mol. The molecule has 1 fully saturated rings. The lowest BCUT2D eigenvalue weighted by Crippen LogP contribution is -2.27. The van der Waals surface area contributed by atoms with E-state index < -0.39 is 6.10 Å². The quantitative estimate of drug-likeness (QED) is 0.772. The second-order valence-electron chi connectivity index (χ2n) is 4.77. The maximum atomic E-state index is 11.9. The molecule has 7 heteroatoms. The summed E-state index contributed by atoms with van der Waals surface area (Å²) < 4.78 is 5.31. The van der Waals surface area contributed by atoms with Crippen molar-refractivity contribution in [2.24, 2.45) is 5.73 Å². The number of ether oxygens (including phenoxy) is 1. The van der Waals surface area contributed by atoms with Gasteiger partial charge in [0, 0.05) is 25.3 Å². The number of hydrogen-bond donors (Lipinski definition) is 3. The summed E-state index contributed by atoms with van der Waals surface area (Å²) in [5.41, 5.74) is 6.36. The van der Waals surface area contributed by atoms with Crippen molar-refractivity contribution in [2.45, 2.75) is 25.4 Å². The zero-order valence-corrected chi connectivity index (χ0v) is 12.3. The van der Waals surface area contributed by atoms with Crippen LogP contribution in [0, 0.1) is 0 Å². The Morgan fingerprint density at radius 3 is 2.81 bits per heavy atom. The summed E-state index contributed by atoms with van der Waals surface area (Å²) in [5, 5.41) is 5.76. The molecule has 114 valence electrons. The maximum absolute atomic E-state index is 11.9. The van der Waals surface area contributed by atoms with Crippen LogP contribution in [0.1, 0.15) is 19.3 Å². The molecule has 0 spiro atoms. The molecular weight excluding hydrogens is 294 g/mol. The Labute approximate surface area is 128 Å². The molecule has 0 radical (unpaired) electrons. The van der Waals surface area contributed by atoms with Crippen LogP contribution in [0.4, 0.5) is 11.4 Å². The van der Waals surface area contributed by atoms with E-state index in [9.17, 15) is 9.59 Å². The minimum absolute atomic E-state index is 0.176. The second-order valence-corrected chi connectivity index (χ2v) is 5.18. The van der Waals surface area contributed by atoms with Crippen molar-refractivity contribution >= 4 is 34.8 Å². The zero-order valence-electron chi connectivity index (χ0n) is 11.5. The van der Waals surface area contributed by atoms with Crippen LogP contribution in [-0.4, -0.2) is 31.1 Å². The van der Waals surface area contributed by atoms with Crippen LogP contribution in [0.3, 0.4) is 0 Å². The van der Waals surface area contributed by atoms with Crippen molar-refractivity contribution in [3.05, 3.63) is 23.2 Å². The van der Waals surface area contributed by atoms with E-state index in [1.807, 2.05) is 0 Å². The van der Waals surface area contributed by atoms with E-state index in [0.717, 1.165) is 12.8 Å². The number of benzene rings is 1. The predicted octanol–water partition coefficient (Wildman–Crippen LogP) is 1.74. The minimum Gasteiger partial charge on any atom is -0.368 e. The summed E-state index contributed by atoms with van der Waals surface area (Å²) in [6.45, 7) is 0.896. The van der Waals surface area contributed by atoms with E-state index in [1.54, 1.807) is 18.2 Å². The molecule has 0 bridgehead atoms. The monoisotopic (exact) mass is 311 g/mol. The van der Waals surface area contributed by atoms with E-state index in [1.165, 1.54) is 0 Å². The van der Waals surface area contributed by atoms with Crippen molar-refractivity contribution in [1.29, 1.82) is 0 Å². The fourth-order valence-corrected chi connectivity index (χ4v) is 2.27. The third-order valence-electron chi connectivity index (χ3n) is 3.10. The first-order valence-corrected chi connectivity index (χ1v) is 7.20. The smallest absolute Gasteiger partial charge is 0.253 e. The highest BCUT2D eigenvalue weighted by Crippen LogP contribution is 2.26. The molecule has 2 rings (SSSR count). The molecular formula is C14H18ClN3O3. The zero-order chi connectivity index (χ0) is 15.2. The highest BCUT2D eigenvalue weighted by molar-refractivity contribution is 6.34.